The predicted molar refractivity (Wildman–Crippen MR) is 111 cm³/mol. The van der Waals surface area contributed by atoms with E-state index in [4.69, 9.17) is 9.47 Å². The second-order valence-corrected chi connectivity index (χ2v) is 9.67. The van der Waals surface area contributed by atoms with Crippen LogP contribution in [0.2, 0.25) is 0 Å². The van der Waals surface area contributed by atoms with E-state index in [1.54, 1.807) is 15.5 Å². The Bertz CT molecular complexity index is 1120. The van der Waals surface area contributed by atoms with Crippen molar-refractivity contribution in [2.24, 2.45) is 11.8 Å². The van der Waals surface area contributed by atoms with E-state index in [1.807, 2.05) is 39.0 Å². The van der Waals surface area contributed by atoms with Gasteiger partial charge in [0.1, 0.15) is 16.8 Å². The molecule has 8 nitrogen and oxygen atoms in total. The van der Waals surface area contributed by atoms with Gasteiger partial charge in [-0.05, 0) is 44.5 Å². The van der Waals surface area contributed by atoms with Crippen molar-refractivity contribution in [1.82, 2.24) is 9.47 Å². The summed E-state index contributed by atoms with van der Waals surface area (Å²) in [4.78, 5) is 26.1. The molecule has 8 heteroatoms. The number of aromatic nitrogens is 1. The number of nitriles is 1. The molecule has 0 bridgehead atoms. The number of carboxylic acids is 1. The number of fused-ring (bicyclic) bond motifs is 2. The van der Waals surface area contributed by atoms with E-state index in [0.29, 0.717) is 13.1 Å². The van der Waals surface area contributed by atoms with Crippen molar-refractivity contribution < 1.29 is 24.2 Å². The molecule has 5 rings (SSSR count). The highest BCUT2D eigenvalue weighted by atomic mass is 16.6. The third-order valence-electron chi connectivity index (χ3n) is 6.66. The largest absolute Gasteiger partial charge is 0.477 e. The number of rotatable bonds is 3. The fourth-order valence-corrected chi connectivity index (χ4v) is 5.12. The number of amides is 1. The zero-order chi connectivity index (χ0) is 22.1. The van der Waals surface area contributed by atoms with E-state index >= 15 is 0 Å². The highest BCUT2D eigenvalue weighted by Gasteiger charge is 2.72. The monoisotopic (exact) mass is 423 g/mol. The number of ether oxygens (including phenoxy) is 2. The number of likely N-dealkylation sites (tertiary alicyclic amines) is 1. The highest BCUT2D eigenvalue weighted by molar-refractivity contribution is 5.95. The molecule has 3 heterocycles. The lowest BCUT2D eigenvalue weighted by Crippen LogP contribution is -2.40. The van der Waals surface area contributed by atoms with Gasteiger partial charge in [-0.3, -0.25) is 0 Å². The van der Waals surface area contributed by atoms with Crippen LogP contribution in [-0.4, -0.2) is 51.9 Å². The summed E-state index contributed by atoms with van der Waals surface area (Å²) in [5.74, 6) is -1.33. The van der Waals surface area contributed by atoms with Crippen LogP contribution in [-0.2, 0) is 15.0 Å². The summed E-state index contributed by atoms with van der Waals surface area (Å²) < 4.78 is 12.7. The molecule has 0 spiro atoms. The van der Waals surface area contributed by atoms with Crippen LogP contribution in [0.15, 0.2) is 24.3 Å². The summed E-state index contributed by atoms with van der Waals surface area (Å²) in [6.07, 6.45) is 0.603. The van der Waals surface area contributed by atoms with Crippen LogP contribution in [0.4, 0.5) is 4.79 Å². The van der Waals surface area contributed by atoms with E-state index in [0.717, 1.165) is 29.5 Å². The number of aromatic carboxylic acids is 1. The van der Waals surface area contributed by atoms with Crippen molar-refractivity contribution in [3.63, 3.8) is 0 Å². The summed E-state index contributed by atoms with van der Waals surface area (Å²) in [5, 5.41) is 20.8. The number of hydrogen-bond acceptors (Lipinski definition) is 5. The number of carbonyl (C=O) groups is 2. The number of carboxylic acid groups (broad SMARTS) is 1. The summed E-state index contributed by atoms with van der Waals surface area (Å²) in [7, 11) is 0. The van der Waals surface area contributed by atoms with Crippen molar-refractivity contribution in [2.45, 2.75) is 44.4 Å². The van der Waals surface area contributed by atoms with E-state index in [2.05, 4.69) is 6.07 Å². The van der Waals surface area contributed by atoms with Gasteiger partial charge >= 0.3 is 12.1 Å². The Hall–Kier alpha value is -3.05. The van der Waals surface area contributed by atoms with E-state index in [9.17, 15) is 20.0 Å². The first-order valence-corrected chi connectivity index (χ1v) is 10.6. The van der Waals surface area contributed by atoms with Gasteiger partial charge in [0.05, 0.1) is 24.3 Å². The fraction of sp³-hybridized carbons (Fsp3) is 0.522. The van der Waals surface area contributed by atoms with E-state index in [-0.39, 0.29) is 23.6 Å². The minimum atomic E-state index is -1.07. The maximum Gasteiger partial charge on any atom is 0.410 e. The number of carbonyl (C=O) groups excluding carboxylic acids is 1. The van der Waals surface area contributed by atoms with Crippen molar-refractivity contribution >= 4 is 23.0 Å². The fourth-order valence-electron chi connectivity index (χ4n) is 5.12. The Morgan fingerprint density at radius 1 is 1.26 bits per heavy atom. The maximum absolute atomic E-state index is 12.4. The molecule has 0 radical (unpaired) electrons. The van der Waals surface area contributed by atoms with Gasteiger partial charge in [0.25, 0.3) is 0 Å². The second-order valence-electron chi connectivity index (χ2n) is 9.67. The lowest BCUT2D eigenvalue weighted by Gasteiger charge is -2.28. The Morgan fingerprint density at radius 2 is 1.94 bits per heavy atom. The minimum Gasteiger partial charge on any atom is -0.477 e. The summed E-state index contributed by atoms with van der Waals surface area (Å²) in [6.45, 7) is 6.93. The van der Waals surface area contributed by atoms with Crippen LogP contribution in [0.3, 0.4) is 0 Å². The molecule has 2 aromatic rings. The van der Waals surface area contributed by atoms with Crippen molar-refractivity contribution in [3.8, 4) is 6.07 Å². The third kappa shape index (κ3) is 2.91. The summed E-state index contributed by atoms with van der Waals surface area (Å²) >= 11 is 0. The van der Waals surface area contributed by atoms with E-state index < -0.39 is 23.2 Å². The zero-order valence-corrected chi connectivity index (χ0v) is 17.8. The molecular formula is C23H25N3O5. The first-order chi connectivity index (χ1) is 14.7. The number of hydrogen-bond donors (Lipinski definition) is 1. The summed E-state index contributed by atoms with van der Waals surface area (Å²) in [6, 6.07) is 9.84. The Kier molecular flexibility index (Phi) is 4.15. The van der Waals surface area contributed by atoms with Crippen LogP contribution in [0.1, 0.15) is 49.3 Å². The molecule has 1 aliphatic carbocycles. The third-order valence-corrected chi connectivity index (χ3v) is 6.66. The molecule has 162 valence electrons. The van der Waals surface area contributed by atoms with Gasteiger partial charge in [-0.2, -0.15) is 5.26 Å². The molecule has 1 N–H and O–H groups in total. The molecule has 2 saturated heterocycles. The Labute approximate surface area is 179 Å². The summed E-state index contributed by atoms with van der Waals surface area (Å²) in [5.41, 5.74) is 0.279. The molecule has 2 aliphatic heterocycles. The van der Waals surface area contributed by atoms with Crippen molar-refractivity contribution in [2.75, 3.05) is 19.7 Å². The van der Waals surface area contributed by atoms with Crippen molar-refractivity contribution in [3.05, 3.63) is 35.5 Å². The maximum atomic E-state index is 12.4. The van der Waals surface area contributed by atoms with Gasteiger partial charge in [0.15, 0.2) is 0 Å². The molecule has 1 saturated carbocycles. The molecule has 3 fully saturated rings. The van der Waals surface area contributed by atoms with Gasteiger partial charge in [-0.1, -0.05) is 6.07 Å². The molecule has 2 unspecified atom stereocenters. The van der Waals surface area contributed by atoms with Gasteiger partial charge in [-0.15, -0.1) is 0 Å². The molecule has 1 aromatic heterocycles. The first-order valence-electron chi connectivity index (χ1n) is 10.6. The van der Waals surface area contributed by atoms with Crippen molar-refractivity contribution in [1.29, 1.82) is 5.26 Å². The van der Waals surface area contributed by atoms with Gasteiger partial charge < -0.3 is 24.0 Å². The Balaban J connectivity index is 1.49. The molecule has 1 aromatic carbocycles. The molecule has 3 aliphatic rings. The van der Waals surface area contributed by atoms with Crippen LogP contribution in [0, 0.1) is 23.2 Å². The molecule has 31 heavy (non-hydrogen) atoms. The smallest absolute Gasteiger partial charge is 0.410 e. The predicted octanol–water partition coefficient (Wildman–Crippen LogP) is 3.52. The van der Waals surface area contributed by atoms with E-state index in [1.165, 1.54) is 0 Å². The number of piperidine rings is 1. The lowest BCUT2D eigenvalue weighted by atomic mass is 10.0. The standard InChI is InChI=1S/C23H25N3O5/c1-22(2,3)31-21(29)25-10-15-16(11-25)23(15,12-24)26-17-5-4-13(19-6-7-30-19)8-14(17)9-18(26)20(27)28/h4-5,8-9,15-16,19H,6-7,10-11H2,1-3H3,(H,27,28)/t15-,16+,19?,23?. The molecule has 4 atom stereocenters. The topological polar surface area (TPSA) is 105 Å². The van der Waals surface area contributed by atoms with Gasteiger partial charge in [0.2, 0.25) is 0 Å². The SMILES string of the molecule is CC(C)(C)OC(=O)N1C[C@@H]2[C@H](C1)C2(C#N)n1c(C(=O)O)cc2cc(C3CCO3)ccc21. The van der Waals surface area contributed by atoms with Crippen LogP contribution >= 0.6 is 0 Å². The Morgan fingerprint density at radius 3 is 2.45 bits per heavy atom. The van der Waals surface area contributed by atoms with Crippen LogP contribution < -0.4 is 0 Å². The van der Waals surface area contributed by atoms with Gasteiger partial charge in [0, 0.05) is 36.7 Å². The first kappa shape index (κ1) is 19.9. The van der Waals surface area contributed by atoms with Crippen LogP contribution in [0.5, 0.6) is 0 Å². The second kappa shape index (κ2) is 6.47. The van der Waals surface area contributed by atoms with Gasteiger partial charge in [-0.25, -0.2) is 9.59 Å². The molecule has 1 amide bonds. The number of benzene rings is 1. The highest BCUT2D eigenvalue weighted by Crippen LogP contribution is 2.61. The molecular weight excluding hydrogens is 398 g/mol. The quantitative estimate of drug-likeness (QED) is 0.810. The van der Waals surface area contributed by atoms with Crippen LogP contribution in [0.25, 0.3) is 10.9 Å². The minimum absolute atomic E-state index is 0.0497. The normalized spacial score (nSPS) is 29.2. The average Bonchev–Trinajstić information content (AvgIpc) is 2.99. The lowest BCUT2D eigenvalue weighted by molar-refractivity contribution is -0.0526. The number of nitrogens with zero attached hydrogens (tertiary/aromatic N) is 3. The zero-order valence-electron chi connectivity index (χ0n) is 17.8. The average molecular weight is 423 g/mol.